The molecule has 0 aliphatic rings. The number of carbonyl (C=O) groups is 1. The van der Waals surface area contributed by atoms with Crippen LogP contribution in [0.3, 0.4) is 0 Å². The SMILES string of the molecule is CSc1ccccc1C(=O)Nc1cccc(O)c1. The number of anilines is 1. The van der Waals surface area contributed by atoms with Gasteiger partial charge in [-0.15, -0.1) is 11.8 Å². The van der Waals surface area contributed by atoms with Crippen LogP contribution in [0.4, 0.5) is 5.69 Å². The minimum absolute atomic E-state index is 0.131. The van der Waals surface area contributed by atoms with Crippen LogP contribution in [0.2, 0.25) is 0 Å². The van der Waals surface area contributed by atoms with Crippen LogP contribution in [0.1, 0.15) is 10.4 Å². The fourth-order valence-corrected chi connectivity index (χ4v) is 2.21. The second kappa shape index (κ2) is 5.60. The number of thioether (sulfide) groups is 1. The predicted molar refractivity (Wildman–Crippen MR) is 74.3 cm³/mol. The van der Waals surface area contributed by atoms with E-state index in [1.165, 1.54) is 17.8 Å². The monoisotopic (exact) mass is 259 g/mol. The fourth-order valence-electron chi connectivity index (χ4n) is 1.61. The molecule has 0 fully saturated rings. The largest absolute Gasteiger partial charge is 0.508 e. The minimum Gasteiger partial charge on any atom is -0.508 e. The van der Waals surface area contributed by atoms with E-state index in [-0.39, 0.29) is 11.7 Å². The van der Waals surface area contributed by atoms with Gasteiger partial charge in [-0.2, -0.15) is 0 Å². The molecule has 0 aliphatic heterocycles. The van der Waals surface area contributed by atoms with E-state index >= 15 is 0 Å². The van der Waals surface area contributed by atoms with Crippen molar-refractivity contribution in [2.75, 3.05) is 11.6 Å². The standard InChI is InChI=1S/C14H13NO2S/c1-18-13-8-3-2-7-12(13)14(17)15-10-5-4-6-11(16)9-10/h2-9,16H,1H3,(H,15,17). The van der Waals surface area contributed by atoms with Crippen molar-refractivity contribution in [1.29, 1.82) is 0 Å². The molecule has 0 spiro atoms. The third-order valence-corrected chi connectivity index (χ3v) is 3.25. The number of nitrogens with one attached hydrogen (secondary N) is 1. The molecule has 0 radical (unpaired) electrons. The summed E-state index contributed by atoms with van der Waals surface area (Å²) in [5.74, 6) is -0.0449. The Bertz CT molecular complexity index is 569. The summed E-state index contributed by atoms with van der Waals surface area (Å²) in [4.78, 5) is 13.0. The molecule has 3 nitrogen and oxygen atoms in total. The summed E-state index contributed by atoms with van der Waals surface area (Å²) in [5, 5.41) is 12.1. The first-order chi connectivity index (χ1) is 8.70. The summed E-state index contributed by atoms with van der Waals surface area (Å²) >= 11 is 1.53. The normalized spacial score (nSPS) is 10.1. The third kappa shape index (κ3) is 2.84. The lowest BCUT2D eigenvalue weighted by atomic mass is 10.2. The summed E-state index contributed by atoms with van der Waals surface area (Å²) in [6, 6.07) is 13.9. The van der Waals surface area contributed by atoms with Crippen molar-refractivity contribution >= 4 is 23.4 Å². The van der Waals surface area contributed by atoms with Gasteiger partial charge in [-0.05, 0) is 30.5 Å². The number of phenols is 1. The van der Waals surface area contributed by atoms with Crippen molar-refractivity contribution in [2.45, 2.75) is 4.90 Å². The molecule has 0 aliphatic carbocycles. The molecule has 0 saturated heterocycles. The highest BCUT2D eigenvalue weighted by atomic mass is 32.2. The van der Waals surface area contributed by atoms with E-state index in [2.05, 4.69) is 5.32 Å². The van der Waals surface area contributed by atoms with Crippen LogP contribution in [-0.4, -0.2) is 17.3 Å². The lowest BCUT2D eigenvalue weighted by molar-refractivity contribution is 0.102. The van der Waals surface area contributed by atoms with E-state index < -0.39 is 0 Å². The number of amides is 1. The van der Waals surface area contributed by atoms with Crippen LogP contribution in [0.25, 0.3) is 0 Å². The van der Waals surface area contributed by atoms with Crippen LogP contribution in [0, 0.1) is 0 Å². The highest BCUT2D eigenvalue weighted by Crippen LogP contribution is 2.22. The Kier molecular flexibility index (Phi) is 3.89. The van der Waals surface area contributed by atoms with Crippen molar-refractivity contribution in [1.82, 2.24) is 0 Å². The zero-order valence-corrected chi connectivity index (χ0v) is 10.7. The topological polar surface area (TPSA) is 49.3 Å². The molecule has 2 N–H and O–H groups in total. The van der Waals surface area contributed by atoms with Gasteiger partial charge < -0.3 is 10.4 Å². The van der Waals surface area contributed by atoms with Crippen LogP contribution >= 0.6 is 11.8 Å². The maximum atomic E-state index is 12.1. The molecular formula is C14H13NO2S. The molecule has 0 atom stereocenters. The van der Waals surface area contributed by atoms with Crippen LogP contribution in [-0.2, 0) is 0 Å². The summed E-state index contributed by atoms with van der Waals surface area (Å²) in [7, 11) is 0. The van der Waals surface area contributed by atoms with Gasteiger partial charge in [0.15, 0.2) is 0 Å². The molecule has 2 aromatic carbocycles. The van der Waals surface area contributed by atoms with E-state index in [4.69, 9.17) is 0 Å². The van der Waals surface area contributed by atoms with Crippen molar-refractivity contribution in [3.05, 3.63) is 54.1 Å². The molecule has 2 rings (SSSR count). The second-order valence-electron chi connectivity index (χ2n) is 3.70. The van der Waals surface area contributed by atoms with Crippen molar-refractivity contribution < 1.29 is 9.90 Å². The van der Waals surface area contributed by atoms with Gasteiger partial charge in [-0.1, -0.05) is 18.2 Å². The number of rotatable bonds is 3. The van der Waals surface area contributed by atoms with Crippen LogP contribution in [0.15, 0.2) is 53.4 Å². The average Bonchev–Trinajstić information content (AvgIpc) is 2.38. The quantitative estimate of drug-likeness (QED) is 0.831. The molecule has 0 unspecified atom stereocenters. The Morgan fingerprint density at radius 2 is 1.94 bits per heavy atom. The maximum absolute atomic E-state index is 12.1. The number of aromatic hydroxyl groups is 1. The molecule has 4 heteroatoms. The average molecular weight is 259 g/mol. The van der Waals surface area contributed by atoms with E-state index in [0.717, 1.165) is 4.90 Å². The Hall–Kier alpha value is -1.94. The lowest BCUT2D eigenvalue weighted by Crippen LogP contribution is -2.12. The zero-order chi connectivity index (χ0) is 13.0. The van der Waals surface area contributed by atoms with Crippen LogP contribution in [0.5, 0.6) is 5.75 Å². The van der Waals surface area contributed by atoms with E-state index in [0.29, 0.717) is 11.3 Å². The highest BCUT2D eigenvalue weighted by molar-refractivity contribution is 7.98. The molecule has 0 aromatic heterocycles. The van der Waals surface area contributed by atoms with Gasteiger partial charge in [0.25, 0.3) is 5.91 Å². The predicted octanol–water partition coefficient (Wildman–Crippen LogP) is 3.37. The smallest absolute Gasteiger partial charge is 0.256 e. The first-order valence-corrected chi connectivity index (χ1v) is 6.66. The second-order valence-corrected chi connectivity index (χ2v) is 4.55. The maximum Gasteiger partial charge on any atom is 0.256 e. The summed E-state index contributed by atoms with van der Waals surface area (Å²) in [6.45, 7) is 0. The third-order valence-electron chi connectivity index (χ3n) is 2.46. The van der Waals surface area contributed by atoms with Crippen molar-refractivity contribution in [2.24, 2.45) is 0 Å². The number of hydrogen-bond donors (Lipinski definition) is 2. The highest BCUT2D eigenvalue weighted by Gasteiger charge is 2.10. The number of carbonyl (C=O) groups excluding carboxylic acids is 1. The van der Waals surface area contributed by atoms with Gasteiger partial charge in [0.05, 0.1) is 5.56 Å². The number of hydrogen-bond acceptors (Lipinski definition) is 3. The number of phenolic OH excluding ortho intramolecular Hbond substituents is 1. The minimum atomic E-state index is -0.175. The van der Waals surface area contributed by atoms with Crippen LogP contribution < -0.4 is 5.32 Å². The Balaban J connectivity index is 2.22. The lowest BCUT2D eigenvalue weighted by Gasteiger charge is -2.08. The van der Waals surface area contributed by atoms with Crippen molar-refractivity contribution in [3.8, 4) is 5.75 Å². The summed E-state index contributed by atoms with van der Waals surface area (Å²) in [5.41, 5.74) is 1.21. The van der Waals surface area contributed by atoms with E-state index in [1.54, 1.807) is 24.3 Å². The zero-order valence-electron chi connectivity index (χ0n) is 9.88. The van der Waals surface area contributed by atoms with Gasteiger partial charge in [0, 0.05) is 16.6 Å². The van der Waals surface area contributed by atoms with Gasteiger partial charge in [-0.25, -0.2) is 0 Å². The molecule has 92 valence electrons. The summed E-state index contributed by atoms with van der Waals surface area (Å²) in [6.07, 6.45) is 1.93. The molecule has 0 bridgehead atoms. The molecular weight excluding hydrogens is 246 g/mol. The first kappa shape index (κ1) is 12.5. The van der Waals surface area contributed by atoms with Gasteiger partial charge >= 0.3 is 0 Å². The number of benzene rings is 2. The Morgan fingerprint density at radius 3 is 2.67 bits per heavy atom. The Labute approximate surface area is 110 Å². The van der Waals surface area contributed by atoms with E-state index in [9.17, 15) is 9.90 Å². The molecule has 0 heterocycles. The van der Waals surface area contributed by atoms with Gasteiger partial charge in [0.2, 0.25) is 0 Å². The van der Waals surface area contributed by atoms with Crippen molar-refractivity contribution in [3.63, 3.8) is 0 Å². The first-order valence-electron chi connectivity index (χ1n) is 5.44. The Morgan fingerprint density at radius 1 is 1.17 bits per heavy atom. The molecule has 0 saturated carbocycles. The fraction of sp³-hybridized carbons (Fsp3) is 0.0714. The van der Waals surface area contributed by atoms with Gasteiger partial charge in [-0.3, -0.25) is 4.79 Å². The summed E-state index contributed by atoms with van der Waals surface area (Å²) < 4.78 is 0. The van der Waals surface area contributed by atoms with E-state index in [1.807, 2.05) is 24.5 Å². The molecule has 2 aromatic rings. The van der Waals surface area contributed by atoms with Gasteiger partial charge in [0.1, 0.15) is 5.75 Å². The molecule has 1 amide bonds. The molecule has 18 heavy (non-hydrogen) atoms.